The maximum atomic E-state index is 13.3. The fourth-order valence-electron chi connectivity index (χ4n) is 1.50. The summed E-state index contributed by atoms with van der Waals surface area (Å²) in [5.74, 6) is -1.55. The van der Waals surface area contributed by atoms with Gasteiger partial charge in [0.1, 0.15) is 5.82 Å². The van der Waals surface area contributed by atoms with Crippen LogP contribution < -0.4 is 10.6 Å². The first-order valence-corrected chi connectivity index (χ1v) is 6.89. The normalized spacial score (nSPS) is 10.2. The first-order chi connectivity index (χ1) is 10.4. The van der Waals surface area contributed by atoms with Crippen molar-refractivity contribution in [1.82, 2.24) is 5.32 Å². The van der Waals surface area contributed by atoms with Crippen LogP contribution in [-0.2, 0) is 14.3 Å². The molecule has 0 aromatic heterocycles. The molecule has 7 heteroatoms. The Bertz CT molecular complexity index is 546. The zero-order chi connectivity index (χ0) is 16.5. The number of hydrogen-bond donors (Lipinski definition) is 2. The van der Waals surface area contributed by atoms with Crippen molar-refractivity contribution in [3.63, 3.8) is 0 Å². The van der Waals surface area contributed by atoms with E-state index in [1.54, 1.807) is 0 Å². The number of anilines is 1. The molecular weight excluding hydrogens is 291 g/mol. The van der Waals surface area contributed by atoms with Crippen molar-refractivity contribution in [3.05, 3.63) is 30.1 Å². The molecule has 0 heterocycles. The van der Waals surface area contributed by atoms with Crippen molar-refractivity contribution in [2.45, 2.75) is 26.7 Å². The van der Waals surface area contributed by atoms with E-state index in [1.807, 2.05) is 19.2 Å². The van der Waals surface area contributed by atoms with Crippen LogP contribution in [0.2, 0.25) is 0 Å². The van der Waals surface area contributed by atoms with Crippen LogP contribution in [0, 0.1) is 11.7 Å². The predicted molar refractivity (Wildman–Crippen MR) is 78.6 cm³/mol. The highest BCUT2D eigenvalue weighted by Crippen LogP contribution is 2.11. The van der Waals surface area contributed by atoms with Gasteiger partial charge in [0.2, 0.25) is 0 Å². The summed E-state index contributed by atoms with van der Waals surface area (Å²) in [6.07, 6.45) is 0.876. The number of rotatable bonds is 6. The molecule has 3 amide bonds. The molecule has 0 aliphatic heterocycles. The maximum Gasteiger partial charge on any atom is 0.326 e. The van der Waals surface area contributed by atoms with Gasteiger partial charge in [-0.25, -0.2) is 9.18 Å². The molecule has 6 nitrogen and oxygen atoms in total. The molecule has 22 heavy (non-hydrogen) atoms. The minimum absolute atomic E-state index is 0.0540. The average Bonchev–Trinajstić information content (AvgIpc) is 2.45. The molecule has 1 rings (SSSR count). The minimum Gasteiger partial charge on any atom is -0.456 e. The van der Waals surface area contributed by atoms with Crippen molar-refractivity contribution in [1.29, 1.82) is 0 Å². The van der Waals surface area contributed by atoms with Crippen LogP contribution in [0.15, 0.2) is 24.3 Å². The molecule has 0 bridgehead atoms. The van der Waals surface area contributed by atoms with Crippen LogP contribution >= 0.6 is 0 Å². The number of carbonyl (C=O) groups is 3. The molecule has 0 unspecified atom stereocenters. The summed E-state index contributed by atoms with van der Waals surface area (Å²) in [4.78, 5) is 34.2. The standard InChI is InChI=1S/C15H19FN2O4/c1-10(2)7-8-14(20)22-9-13(19)18-15(21)17-12-6-4-3-5-11(12)16/h3-6,10H,7-9H2,1-2H3,(H2,17,18,19,21). The number of amides is 3. The molecule has 0 saturated heterocycles. The topological polar surface area (TPSA) is 84.5 Å². The van der Waals surface area contributed by atoms with Crippen molar-refractivity contribution in [2.24, 2.45) is 5.92 Å². The molecule has 2 N–H and O–H groups in total. The highest BCUT2D eigenvalue weighted by atomic mass is 19.1. The van der Waals surface area contributed by atoms with Crippen molar-refractivity contribution in [2.75, 3.05) is 11.9 Å². The van der Waals surface area contributed by atoms with Crippen molar-refractivity contribution >= 4 is 23.6 Å². The Hall–Kier alpha value is -2.44. The lowest BCUT2D eigenvalue weighted by Crippen LogP contribution is -2.37. The lowest BCUT2D eigenvalue weighted by Gasteiger charge is -2.08. The quantitative estimate of drug-likeness (QED) is 0.790. The van der Waals surface area contributed by atoms with E-state index in [0.29, 0.717) is 12.3 Å². The number of nitrogens with one attached hydrogen (secondary N) is 2. The number of esters is 1. The summed E-state index contributed by atoms with van der Waals surface area (Å²) >= 11 is 0. The SMILES string of the molecule is CC(C)CCC(=O)OCC(=O)NC(=O)Nc1ccccc1F. The second-order valence-electron chi connectivity index (χ2n) is 5.08. The molecule has 0 atom stereocenters. The fraction of sp³-hybridized carbons (Fsp3) is 0.400. The van der Waals surface area contributed by atoms with Gasteiger partial charge in [0, 0.05) is 6.42 Å². The third kappa shape index (κ3) is 6.83. The average molecular weight is 310 g/mol. The number of imide groups is 1. The van der Waals surface area contributed by atoms with Gasteiger partial charge >= 0.3 is 12.0 Å². The van der Waals surface area contributed by atoms with E-state index >= 15 is 0 Å². The number of para-hydroxylation sites is 1. The van der Waals surface area contributed by atoms with Gasteiger partial charge in [0.15, 0.2) is 6.61 Å². The van der Waals surface area contributed by atoms with Gasteiger partial charge in [-0.15, -0.1) is 0 Å². The number of carbonyl (C=O) groups excluding carboxylic acids is 3. The minimum atomic E-state index is -0.895. The van der Waals surface area contributed by atoms with E-state index in [4.69, 9.17) is 4.74 Å². The highest BCUT2D eigenvalue weighted by Gasteiger charge is 2.12. The summed E-state index contributed by atoms with van der Waals surface area (Å²) in [5.41, 5.74) is -0.0540. The summed E-state index contributed by atoms with van der Waals surface area (Å²) < 4.78 is 18.0. The third-order valence-corrected chi connectivity index (χ3v) is 2.67. The van der Waals surface area contributed by atoms with Crippen LogP contribution in [0.4, 0.5) is 14.9 Å². The second kappa shape index (κ2) is 8.76. The van der Waals surface area contributed by atoms with Gasteiger partial charge < -0.3 is 10.1 Å². The van der Waals surface area contributed by atoms with Gasteiger partial charge in [0.05, 0.1) is 5.69 Å². The molecule has 120 valence electrons. The lowest BCUT2D eigenvalue weighted by molar-refractivity contribution is -0.148. The molecule has 0 aliphatic rings. The van der Waals surface area contributed by atoms with E-state index in [1.165, 1.54) is 24.3 Å². The Morgan fingerprint density at radius 3 is 2.55 bits per heavy atom. The van der Waals surface area contributed by atoms with E-state index in [9.17, 15) is 18.8 Å². The Balaban J connectivity index is 2.31. The summed E-state index contributed by atoms with van der Waals surface area (Å²) in [6.45, 7) is 3.38. The number of hydrogen-bond acceptors (Lipinski definition) is 4. The van der Waals surface area contributed by atoms with Crippen LogP contribution in [0.3, 0.4) is 0 Å². The molecule has 0 fully saturated rings. The molecule has 1 aromatic carbocycles. The van der Waals surface area contributed by atoms with Crippen molar-refractivity contribution < 1.29 is 23.5 Å². The van der Waals surface area contributed by atoms with E-state index < -0.39 is 30.3 Å². The monoisotopic (exact) mass is 310 g/mol. The maximum absolute atomic E-state index is 13.3. The summed E-state index contributed by atoms with van der Waals surface area (Å²) in [5, 5.41) is 4.13. The van der Waals surface area contributed by atoms with Gasteiger partial charge in [-0.05, 0) is 24.5 Å². The Labute approximate surface area is 128 Å². The first-order valence-electron chi connectivity index (χ1n) is 6.89. The van der Waals surface area contributed by atoms with E-state index in [2.05, 4.69) is 5.32 Å². The van der Waals surface area contributed by atoms with E-state index in [0.717, 1.165) is 0 Å². The fourth-order valence-corrected chi connectivity index (χ4v) is 1.50. The molecule has 0 aliphatic carbocycles. The van der Waals surface area contributed by atoms with Crippen LogP contribution in [0.1, 0.15) is 26.7 Å². The largest absolute Gasteiger partial charge is 0.456 e. The van der Waals surface area contributed by atoms with Crippen LogP contribution in [0.25, 0.3) is 0 Å². The number of urea groups is 1. The second-order valence-corrected chi connectivity index (χ2v) is 5.08. The molecule has 1 aromatic rings. The third-order valence-electron chi connectivity index (χ3n) is 2.67. The van der Waals surface area contributed by atoms with E-state index in [-0.39, 0.29) is 12.1 Å². The number of ether oxygens (including phenoxy) is 1. The van der Waals surface area contributed by atoms with Gasteiger partial charge in [0.25, 0.3) is 5.91 Å². The van der Waals surface area contributed by atoms with Gasteiger partial charge in [-0.2, -0.15) is 0 Å². The molecule has 0 radical (unpaired) electrons. The molecule has 0 saturated carbocycles. The van der Waals surface area contributed by atoms with Gasteiger partial charge in [-0.3, -0.25) is 14.9 Å². The summed E-state index contributed by atoms with van der Waals surface area (Å²) in [6, 6.07) is 4.64. The summed E-state index contributed by atoms with van der Waals surface area (Å²) in [7, 11) is 0. The predicted octanol–water partition coefficient (Wildman–Crippen LogP) is 2.45. The smallest absolute Gasteiger partial charge is 0.326 e. The van der Waals surface area contributed by atoms with Crippen LogP contribution in [0.5, 0.6) is 0 Å². The van der Waals surface area contributed by atoms with Crippen molar-refractivity contribution in [3.8, 4) is 0 Å². The Morgan fingerprint density at radius 1 is 1.23 bits per heavy atom. The molecule has 0 spiro atoms. The number of halogens is 1. The lowest BCUT2D eigenvalue weighted by atomic mass is 10.1. The molecular formula is C15H19FN2O4. The zero-order valence-corrected chi connectivity index (χ0v) is 12.5. The van der Waals surface area contributed by atoms with Gasteiger partial charge in [-0.1, -0.05) is 26.0 Å². The van der Waals surface area contributed by atoms with Crippen LogP contribution in [-0.4, -0.2) is 24.5 Å². The Kier molecular flexibility index (Phi) is 7.01. The zero-order valence-electron chi connectivity index (χ0n) is 12.5. The first kappa shape index (κ1) is 17.6. The Morgan fingerprint density at radius 2 is 1.91 bits per heavy atom. The highest BCUT2D eigenvalue weighted by molar-refractivity contribution is 6.01. The number of benzene rings is 1.